The fourth-order valence-electron chi connectivity index (χ4n) is 1.46. The summed E-state index contributed by atoms with van der Waals surface area (Å²) in [6, 6.07) is 0. The maximum Gasteiger partial charge on any atom is 0.352 e. The van der Waals surface area contributed by atoms with E-state index in [-0.39, 0.29) is 6.61 Å². The van der Waals surface area contributed by atoms with Crippen molar-refractivity contribution in [1.29, 1.82) is 0 Å². The van der Waals surface area contributed by atoms with Gasteiger partial charge in [-0.3, -0.25) is 9.77 Å². The molecule has 0 spiro atoms. The maximum atomic E-state index is 13.3. The van der Waals surface area contributed by atoms with E-state index < -0.39 is 29.7 Å². The highest BCUT2D eigenvalue weighted by molar-refractivity contribution is 5.30. The highest BCUT2D eigenvalue weighted by Crippen LogP contribution is 2.20. The third-order valence-electron chi connectivity index (χ3n) is 2.27. The van der Waals surface area contributed by atoms with Gasteiger partial charge in [-0.1, -0.05) is 6.08 Å². The van der Waals surface area contributed by atoms with Crippen molar-refractivity contribution < 1.29 is 19.4 Å². The van der Waals surface area contributed by atoms with Gasteiger partial charge in [0.1, 0.15) is 6.10 Å². The molecule has 0 amide bonds. The van der Waals surface area contributed by atoms with Gasteiger partial charge in [-0.05, 0) is 6.08 Å². The molecule has 0 aliphatic carbocycles. The second kappa shape index (κ2) is 4.62. The minimum atomic E-state index is -0.892. The second-order valence-electron chi connectivity index (χ2n) is 3.37. The number of rotatable bonds is 3. The minimum absolute atomic E-state index is 0.228. The molecule has 8 heteroatoms. The van der Waals surface area contributed by atoms with Crippen LogP contribution in [-0.2, 0) is 4.74 Å². The summed E-state index contributed by atoms with van der Waals surface area (Å²) in [5, 5.41) is 17.3. The summed E-state index contributed by atoms with van der Waals surface area (Å²) >= 11 is 0. The van der Waals surface area contributed by atoms with Gasteiger partial charge in [-0.25, -0.2) is 14.7 Å². The number of aliphatic hydroxyl groups excluding tert-OH is 1. The predicted molar refractivity (Wildman–Crippen MR) is 54.0 cm³/mol. The number of ether oxygens (including phenoxy) is 1. The smallest absolute Gasteiger partial charge is 0.352 e. The molecule has 17 heavy (non-hydrogen) atoms. The fraction of sp³-hybridized carbons (Fsp3) is 0.333. The minimum Gasteiger partial charge on any atom is -0.393 e. The number of hydrogen-bond donors (Lipinski definition) is 3. The van der Waals surface area contributed by atoms with Crippen LogP contribution in [0.4, 0.5) is 10.2 Å². The Kier molecular flexibility index (Phi) is 3.18. The Morgan fingerprint density at radius 1 is 1.59 bits per heavy atom. The van der Waals surface area contributed by atoms with Crippen LogP contribution in [0.25, 0.3) is 0 Å². The number of halogens is 1. The van der Waals surface area contributed by atoms with Crippen molar-refractivity contribution in [1.82, 2.24) is 9.55 Å². The zero-order valence-corrected chi connectivity index (χ0v) is 8.58. The molecule has 2 rings (SSSR count). The molecule has 0 bridgehead atoms. The summed E-state index contributed by atoms with van der Waals surface area (Å²) in [4.78, 5) is 14.8. The molecule has 0 unspecified atom stereocenters. The standard InChI is InChI=1S/C9H10FN3O4/c10-6-3-13(9(15)11-8(6)12-16)7-2-1-5(4-14)17-7/h1-3,5,7,14,16H,4H2,(H,11,12,15)/t5-,7+/m1/s1. The summed E-state index contributed by atoms with van der Waals surface area (Å²) < 4.78 is 19.4. The van der Waals surface area contributed by atoms with Crippen molar-refractivity contribution in [3.63, 3.8) is 0 Å². The Labute approximate surface area is 94.7 Å². The molecule has 2 atom stereocenters. The van der Waals surface area contributed by atoms with Crippen molar-refractivity contribution in [2.45, 2.75) is 12.3 Å². The lowest BCUT2D eigenvalue weighted by atomic mass is 10.4. The Bertz CT molecular complexity index is 502. The van der Waals surface area contributed by atoms with Crippen LogP contribution >= 0.6 is 0 Å². The van der Waals surface area contributed by atoms with E-state index in [1.54, 1.807) is 6.08 Å². The SMILES string of the molecule is O=c1nc(NO)c(F)cn1[C@@H]1C=C[C@H](CO)O1. The van der Waals surface area contributed by atoms with Gasteiger partial charge >= 0.3 is 5.69 Å². The molecular formula is C9H10FN3O4. The predicted octanol–water partition coefficient (Wildman–Crippen LogP) is -0.371. The van der Waals surface area contributed by atoms with Gasteiger partial charge in [-0.2, -0.15) is 4.98 Å². The summed E-state index contributed by atoms with van der Waals surface area (Å²) in [5.74, 6) is -1.44. The lowest BCUT2D eigenvalue weighted by molar-refractivity contribution is -0.0107. The first-order valence-corrected chi connectivity index (χ1v) is 4.79. The Hall–Kier alpha value is -1.77. The summed E-state index contributed by atoms with van der Waals surface area (Å²) in [6.45, 7) is -0.228. The summed E-state index contributed by atoms with van der Waals surface area (Å²) in [7, 11) is 0. The Balaban J connectivity index is 2.32. The van der Waals surface area contributed by atoms with E-state index in [0.29, 0.717) is 0 Å². The molecule has 1 aromatic heterocycles. The van der Waals surface area contributed by atoms with Gasteiger partial charge in [0.15, 0.2) is 17.9 Å². The number of aromatic nitrogens is 2. The monoisotopic (exact) mass is 243 g/mol. The fourth-order valence-corrected chi connectivity index (χ4v) is 1.46. The van der Waals surface area contributed by atoms with Gasteiger partial charge in [0.2, 0.25) is 0 Å². The molecule has 0 saturated carbocycles. The molecule has 1 aliphatic heterocycles. The van der Waals surface area contributed by atoms with Crippen LogP contribution in [0.1, 0.15) is 6.23 Å². The van der Waals surface area contributed by atoms with Gasteiger partial charge < -0.3 is 9.84 Å². The zero-order valence-electron chi connectivity index (χ0n) is 8.58. The molecule has 0 radical (unpaired) electrons. The lowest BCUT2D eigenvalue weighted by Gasteiger charge is -2.15. The van der Waals surface area contributed by atoms with Crippen LogP contribution in [0.3, 0.4) is 0 Å². The molecule has 1 aromatic rings. The first kappa shape index (κ1) is 11.7. The van der Waals surface area contributed by atoms with E-state index in [1.807, 2.05) is 0 Å². The van der Waals surface area contributed by atoms with E-state index >= 15 is 0 Å². The van der Waals surface area contributed by atoms with Crippen LogP contribution in [0.2, 0.25) is 0 Å². The Morgan fingerprint density at radius 2 is 2.35 bits per heavy atom. The quantitative estimate of drug-likeness (QED) is 0.495. The van der Waals surface area contributed by atoms with Crippen molar-refractivity contribution in [2.24, 2.45) is 0 Å². The summed E-state index contributed by atoms with van der Waals surface area (Å²) in [6.07, 6.45) is 2.60. The number of anilines is 1. The Morgan fingerprint density at radius 3 is 2.94 bits per heavy atom. The third kappa shape index (κ3) is 2.18. The topological polar surface area (TPSA) is 96.6 Å². The van der Waals surface area contributed by atoms with Crippen LogP contribution in [0.5, 0.6) is 0 Å². The van der Waals surface area contributed by atoms with Crippen molar-refractivity contribution in [3.8, 4) is 0 Å². The molecule has 3 N–H and O–H groups in total. The normalized spacial score (nSPS) is 23.0. The zero-order chi connectivity index (χ0) is 12.4. The molecular weight excluding hydrogens is 233 g/mol. The number of hydrogen-bond acceptors (Lipinski definition) is 6. The molecule has 0 fully saturated rings. The average molecular weight is 243 g/mol. The van der Waals surface area contributed by atoms with Crippen LogP contribution in [0.15, 0.2) is 23.1 Å². The molecule has 1 aliphatic rings. The van der Waals surface area contributed by atoms with Crippen molar-refractivity contribution in [2.75, 3.05) is 12.1 Å². The van der Waals surface area contributed by atoms with Gasteiger partial charge in [-0.15, -0.1) is 0 Å². The highest BCUT2D eigenvalue weighted by atomic mass is 19.1. The number of nitrogens with one attached hydrogen (secondary N) is 1. The number of aliphatic hydroxyl groups is 1. The second-order valence-corrected chi connectivity index (χ2v) is 3.37. The molecule has 2 heterocycles. The van der Waals surface area contributed by atoms with E-state index in [2.05, 4.69) is 4.98 Å². The van der Waals surface area contributed by atoms with Crippen LogP contribution in [0, 0.1) is 5.82 Å². The van der Waals surface area contributed by atoms with E-state index in [4.69, 9.17) is 15.1 Å². The molecule has 7 nitrogen and oxygen atoms in total. The van der Waals surface area contributed by atoms with E-state index in [0.717, 1.165) is 10.8 Å². The summed E-state index contributed by atoms with van der Waals surface area (Å²) in [5.41, 5.74) is 0.694. The largest absolute Gasteiger partial charge is 0.393 e. The maximum absolute atomic E-state index is 13.3. The van der Waals surface area contributed by atoms with Gasteiger partial charge in [0.25, 0.3) is 0 Å². The third-order valence-corrected chi connectivity index (χ3v) is 2.27. The first-order valence-electron chi connectivity index (χ1n) is 4.79. The van der Waals surface area contributed by atoms with E-state index in [1.165, 1.54) is 11.6 Å². The van der Waals surface area contributed by atoms with Crippen molar-refractivity contribution >= 4 is 5.82 Å². The van der Waals surface area contributed by atoms with Crippen LogP contribution in [-0.4, -0.2) is 32.6 Å². The van der Waals surface area contributed by atoms with Gasteiger partial charge in [0, 0.05) is 0 Å². The highest BCUT2D eigenvalue weighted by Gasteiger charge is 2.22. The molecule has 92 valence electrons. The first-order chi connectivity index (χ1) is 8.15. The molecule has 0 saturated heterocycles. The van der Waals surface area contributed by atoms with E-state index in [9.17, 15) is 9.18 Å². The number of nitrogens with zero attached hydrogens (tertiary/aromatic N) is 2. The van der Waals surface area contributed by atoms with Crippen LogP contribution < -0.4 is 11.2 Å². The molecule has 0 aromatic carbocycles. The van der Waals surface area contributed by atoms with Crippen molar-refractivity contribution in [3.05, 3.63) is 34.7 Å². The van der Waals surface area contributed by atoms with Gasteiger partial charge in [0.05, 0.1) is 12.8 Å². The average Bonchev–Trinajstić information content (AvgIpc) is 2.80. The lowest BCUT2D eigenvalue weighted by Crippen LogP contribution is -2.29.